The molecule has 1 saturated heterocycles. The van der Waals surface area contributed by atoms with Gasteiger partial charge in [0, 0.05) is 28.5 Å². The quantitative estimate of drug-likeness (QED) is 0.437. The van der Waals surface area contributed by atoms with Crippen molar-refractivity contribution in [2.75, 3.05) is 13.2 Å². The number of aromatic nitrogens is 3. The van der Waals surface area contributed by atoms with Crippen LogP contribution >= 0.6 is 11.6 Å². The highest BCUT2D eigenvalue weighted by Gasteiger charge is 2.48. The molecule has 4 heterocycles. The zero-order chi connectivity index (χ0) is 24.9. The average Bonchev–Trinajstić information content (AvgIpc) is 3.48. The summed E-state index contributed by atoms with van der Waals surface area (Å²) >= 11 is 6.01. The summed E-state index contributed by atoms with van der Waals surface area (Å²) in [4.78, 5) is 42.3. The van der Waals surface area contributed by atoms with E-state index >= 15 is 0 Å². The van der Waals surface area contributed by atoms with E-state index in [0.717, 1.165) is 24.0 Å². The molecule has 2 aliphatic rings. The second-order valence-corrected chi connectivity index (χ2v) is 9.54. The fraction of sp³-hybridized carbons (Fsp3) is 0.308. The van der Waals surface area contributed by atoms with Crippen LogP contribution in [-0.2, 0) is 14.3 Å². The van der Waals surface area contributed by atoms with Crippen molar-refractivity contribution in [3.05, 3.63) is 80.5 Å². The van der Waals surface area contributed by atoms with Crippen molar-refractivity contribution < 1.29 is 18.9 Å². The van der Waals surface area contributed by atoms with E-state index in [2.05, 4.69) is 5.10 Å². The van der Waals surface area contributed by atoms with Gasteiger partial charge in [-0.05, 0) is 63.9 Å². The predicted octanol–water partition coefficient (Wildman–Crippen LogP) is 2.95. The van der Waals surface area contributed by atoms with Crippen molar-refractivity contribution in [2.45, 2.75) is 39.7 Å². The third-order valence-corrected chi connectivity index (χ3v) is 6.61. The summed E-state index contributed by atoms with van der Waals surface area (Å²) < 4.78 is 8.72. The monoisotopic (exact) mass is 493 g/mol. The number of hydrogen-bond donors (Lipinski definition) is 1. The first-order valence-electron chi connectivity index (χ1n) is 11.5. The number of carbonyl (C=O) groups is 2. The van der Waals surface area contributed by atoms with Gasteiger partial charge in [-0.2, -0.15) is 4.57 Å². The van der Waals surface area contributed by atoms with Crippen molar-refractivity contribution in [2.24, 2.45) is 0 Å². The third-order valence-electron chi connectivity index (χ3n) is 6.36. The van der Waals surface area contributed by atoms with E-state index in [0.29, 0.717) is 23.0 Å². The van der Waals surface area contributed by atoms with Crippen molar-refractivity contribution in [3.63, 3.8) is 0 Å². The van der Waals surface area contributed by atoms with Crippen LogP contribution in [0.1, 0.15) is 35.2 Å². The zero-order valence-electron chi connectivity index (χ0n) is 19.8. The lowest BCUT2D eigenvalue weighted by molar-refractivity contribution is -0.577. The van der Waals surface area contributed by atoms with Crippen molar-refractivity contribution >= 4 is 34.7 Å². The predicted molar refractivity (Wildman–Crippen MR) is 131 cm³/mol. The molecule has 2 aromatic heterocycles. The molecule has 9 heteroatoms. The molecule has 1 fully saturated rings. The molecular formula is C26H26ClN4O4+. The SMILES string of the molecule is Cc1cc(C)c[n+](C2=C(c3c(C)[nH]n(-c4ccc(Cl)cc4)c3=O)C(=O)N(CC3CCCO3)C2=O)c1. The average molecular weight is 494 g/mol. The van der Waals surface area contributed by atoms with Crippen molar-refractivity contribution in [1.82, 2.24) is 14.7 Å². The molecular weight excluding hydrogens is 468 g/mol. The van der Waals surface area contributed by atoms with Crippen LogP contribution in [0.15, 0.2) is 47.5 Å². The maximum absolute atomic E-state index is 13.8. The number of imide groups is 1. The number of nitrogens with zero attached hydrogens (tertiary/aromatic N) is 3. The van der Waals surface area contributed by atoms with Crippen molar-refractivity contribution in [1.29, 1.82) is 0 Å². The number of amides is 2. The molecule has 0 radical (unpaired) electrons. The number of rotatable bonds is 5. The lowest BCUT2D eigenvalue weighted by Crippen LogP contribution is -2.42. The van der Waals surface area contributed by atoms with Gasteiger partial charge >= 0.3 is 5.91 Å². The highest BCUT2D eigenvalue weighted by atomic mass is 35.5. The Labute approximate surface area is 207 Å². The van der Waals surface area contributed by atoms with Gasteiger partial charge in [-0.15, -0.1) is 0 Å². The van der Waals surface area contributed by atoms with Crippen LogP contribution in [0.3, 0.4) is 0 Å². The number of hydrogen-bond acceptors (Lipinski definition) is 4. The molecule has 2 amide bonds. The van der Waals surface area contributed by atoms with Gasteiger partial charge in [0.05, 0.1) is 23.9 Å². The first kappa shape index (κ1) is 23.3. The fourth-order valence-electron chi connectivity index (χ4n) is 4.84. The molecule has 0 spiro atoms. The van der Waals surface area contributed by atoms with E-state index in [9.17, 15) is 14.4 Å². The van der Waals surface area contributed by atoms with Crippen LogP contribution in [-0.4, -0.2) is 45.8 Å². The van der Waals surface area contributed by atoms with Crippen LogP contribution in [0.25, 0.3) is 17.0 Å². The lowest BCUT2D eigenvalue weighted by Gasteiger charge is -2.18. The highest BCUT2D eigenvalue weighted by molar-refractivity contribution is 6.44. The first-order chi connectivity index (χ1) is 16.7. The summed E-state index contributed by atoms with van der Waals surface area (Å²) in [5, 5.41) is 3.60. The molecule has 3 aromatic rings. The Bertz CT molecular complexity index is 1410. The Morgan fingerprint density at radius 3 is 2.37 bits per heavy atom. The molecule has 8 nitrogen and oxygen atoms in total. The highest BCUT2D eigenvalue weighted by Crippen LogP contribution is 2.31. The summed E-state index contributed by atoms with van der Waals surface area (Å²) in [5.41, 5.74) is 2.94. The second kappa shape index (κ2) is 8.94. The van der Waals surface area contributed by atoms with Gasteiger partial charge in [0.25, 0.3) is 17.2 Å². The van der Waals surface area contributed by atoms with Crippen LogP contribution in [0.4, 0.5) is 0 Å². The Morgan fingerprint density at radius 2 is 1.74 bits per heavy atom. The van der Waals surface area contributed by atoms with Crippen molar-refractivity contribution in [3.8, 4) is 5.69 Å². The molecule has 1 N–H and O–H groups in total. The normalized spacial score (nSPS) is 18.3. The van der Waals surface area contributed by atoms with Gasteiger partial charge in [0.15, 0.2) is 12.4 Å². The van der Waals surface area contributed by atoms with Crippen LogP contribution in [0.2, 0.25) is 5.02 Å². The Balaban J connectivity index is 1.69. The van der Waals surface area contributed by atoms with Gasteiger partial charge in [0.2, 0.25) is 0 Å². The Kier molecular flexibility index (Phi) is 5.94. The number of benzene rings is 1. The van der Waals surface area contributed by atoms with Crippen LogP contribution in [0.5, 0.6) is 0 Å². The number of aromatic amines is 1. The summed E-state index contributed by atoms with van der Waals surface area (Å²) in [5.74, 6) is -0.928. The molecule has 1 atom stereocenters. The topological polar surface area (TPSA) is 88.3 Å². The number of carbonyl (C=O) groups excluding carboxylic acids is 2. The first-order valence-corrected chi connectivity index (χ1v) is 11.9. The third kappa shape index (κ3) is 4.13. The number of nitrogens with one attached hydrogen (secondary N) is 1. The molecule has 5 rings (SSSR count). The molecule has 35 heavy (non-hydrogen) atoms. The Hall–Kier alpha value is -3.49. The van der Waals surface area contributed by atoms with Gasteiger partial charge in [0.1, 0.15) is 5.57 Å². The smallest absolute Gasteiger partial charge is 0.327 e. The lowest BCUT2D eigenvalue weighted by atomic mass is 10.1. The van der Waals surface area contributed by atoms with Gasteiger partial charge in [-0.25, -0.2) is 4.68 Å². The maximum atomic E-state index is 13.8. The Morgan fingerprint density at radius 1 is 1.06 bits per heavy atom. The van der Waals surface area contributed by atoms with E-state index in [1.165, 1.54) is 9.58 Å². The second-order valence-electron chi connectivity index (χ2n) is 9.11. The minimum atomic E-state index is -0.491. The number of ether oxygens (including phenoxy) is 1. The summed E-state index contributed by atoms with van der Waals surface area (Å²) in [6.07, 6.45) is 5.06. The zero-order valence-corrected chi connectivity index (χ0v) is 20.6. The number of H-pyrrole nitrogens is 1. The van der Waals surface area contributed by atoms with Crippen LogP contribution in [0, 0.1) is 20.8 Å². The van der Waals surface area contributed by atoms with E-state index < -0.39 is 17.4 Å². The van der Waals surface area contributed by atoms with Gasteiger partial charge in [-0.1, -0.05) is 11.6 Å². The molecule has 1 aromatic carbocycles. The number of aryl methyl sites for hydroxylation is 3. The molecule has 0 saturated carbocycles. The standard InChI is InChI=1S/C26H25ClN4O4/c1-15-11-16(2)13-29(12-15)23-22(24(32)30(26(23)34)14-20-5-4-10-35-20)21-17(3)28-31(25(21)33)19-8-6-18(27)7-9-19/h6-9,11-13,20H,4-5,10,14H2,1-3H3/p+1. The van der Waals surface area contributed by atoms with Gasteiger partial charge in [-0.3, -0.25) is 24.4 Å². The maximum Gasteiger partial charge on any atom is 0.327 e. The minimum Gasteiger partial charge on any atom is -0.376 e. The molecule has 180 valence electrons. The van der Waals surface area contributed by atoms with Crippen LogP contribution < -0.4 is 10.1 Å². The number of halogens is 1. The van der Waals surface area contributed by atoms with E-state index in [4.69, 9.17) is 16.3 Å². The number of pyridine rings is 1. The molecule has 0 bridgehead atoms. The minimum absolute atomic E-state index is 0.0921. The van der Waals surface area contributed by atoms with E-state index in [1.807, 2.05) is 19.9 Å². The van der Waals surface area contributed by atoms with E-state index in [-0.39, 0.29) is 29.5 Å². The summed E-state index contributed by atoms with van der Waals surface area (Å²) in [6.45, 7) is 6.34. The molecule has 1 unspecified atom stereocenters. The summed E-state index contributed by atoms with van der Waals surface area (Å²) in [6, 6.07) is 8.77. The molecule has 2 aliphatic heterocycles. The largest absolute Gasteiger partial charge is 0.376 e. The fourth-order valence-corrected chi connectivity index (χ4v) is 4.96. The van der Waals surface area contributed by atoms with E-state index in [1.54, 1.807) is 48.1 Å². The van der Waals surface area contributed by atoms with Gasteiger partial charge < -0.3 is 4.74 Å². The molecule has 0 aliphatic carbocycles. The summed E-state index contributed by atoms with van der Waals surface area (Å²) in [7, 11) is 0.